The number of hydrogen-bond acceptors (Lipinski definition) is 6. The lowest BCUT2D eigenvalue weighted by Crippen LogP contribution is -2.48. The van der Waals surface area contributed by atoms with Crippen molar-refractivity contribution in [3.05, 3.63) is 86.9 Å². The van der Waals surface area contributed by atoms with Crippen LogP contribution in [0.5, 0.6) is 0 Å². The van der Waals surface area contributed by atoms with Crippen molar-refractivity contribution >= 4 is 70.4 Å². The minimum absolute atomic E-state index is 0.171. The highest BCUT2D eigenvalue weighted by Gasteiger charge is 2.30. The van der Waals surface area contributed by atoms with E-state index in [1.54, 1.807) is 17.3 Å². The quantitative estimate of drug-likeness (QED) is 0.170. The Morgan fingerprint density at radius 3 is 2.55 bits per heavy atom. The van der Waals surface area contributed by atoms with Gasteiger partial charge in [0.1, 0.15) is 6.04 Å². The first-order valence-electron chi connectivity index (χ1n) is 13.3. The van der Waals surface area contributed by atoms with Gasteiger partial charge in [-0.05, 0) is 48.4 Å². The van der Waals surface area contributed by atoms with Gasteiger partial charge in [-0.2, -0.15) is 0 Å². The topological polar surface area (TPSA) is 93.5 Å². The summed E-state index contributed by atoms with van der Waals surface area (Å²) in [6.07, 6.45) is 9.64. The predicted octanol–water partition coefficient (Wildman–Crippen LogP) is 5.77. The molecule has 1 aromatic heterocycles. The van der Waals surface area contributed by atoms with Gasteiger partial charge in [0.2, 0.25) is 11.8 Å². The van der Waals surface area contributed by atoms with E-state index in [1.807, 2.05) is 53.4 Å². The second kappa shape index (κ2) is 15.0. The van der Waals surface area contributed by atoms with Crippen molar-refractivity contribution in [3.8, 4) is 0 Å². The third-order valence-electron chi connectivity index (χ3n) is 7.09. The summed E-state index contributed by atoms with van der Waals surface area (Å²) in [5.41, 5.74) is 2.23. The maximum absolute atomic E-state index is 13.1. The molecule has 2 aromatic carbocycles. The molecule has 0 spiro atoms. The highest BCUT2D eigenvalue weighted by Crippen LogP contribution is 2.35. The number of thioether (sulfide) groups is 1. The molecule has 1 N–H and O–H groups in total. The van der Waals surface area contributed by atoms with Crippen LogP contribution in [-0.4, -0.2) is 64.7 Å². The molecule has 1 aliphatic heterocycles. The van der Waals surface area contributed by atoms with E-state index in [-0.39, 0.29) is 24.2 Å². The van der Waals surface area contributed by atoms with Gasteiger partial charge in [0.25, 0.3) is 0 Å². The van der Waals surface area contributed by atoms with Crippen LogP contribution in [0.25, 0.3) is 6.08 Å². The number of piperidine rings is 1. The number of methoxy groups -OCH3 is 1. The molecule has 2 heterocycles. The van der Waals surface area contributed by atoms with Crippen LogP contribution in [0.3, 0.4) is 0 Å². The van der Waals surface area contributed by atoms with Gasteiger partial charge in [-0.25, -0.2) is 9.78 Å². The zero-order chi connectivity index (χ0) is 30.2. The van der Waals surface area contributed by atoms with E-state index < -0.39 is 12.0 Å². The molecule has 0 bridgehead atoms. The van der Waals surface area contributed by atoms with Crippen molar-refractivity contribution in [2.24, 2.45) is 5.92 Å². The fourth-order valence-corrected chi connectivity index (χ4v) is 6.09. The SMILES string of the molecule is COC(=O)C(Cc1cn(Cc2ccccc2Cl)cn1)NC(=O)C1CCN(C(=O)C=Cc2ccc(SC)c(Cl)c2Cl)CC1. The van der Waals surface area contributed by atoms with E-state index >= 15 is 0 Å². The van der Waals surface area contributed by atoms with Gasteiger partial charge in [-0.1, -0.05) is 59.1 Å². The number of carbonyl (C=O) groups is 3. The van der Waals surface area contributed by atoms with Crippen LogP contribution < -0.4 is 5.32 Å². The number of benzene rings is 2. The molecule has 222 valence electrons. The Labute approximate surface area is 264 Å². The van der Waals surface area contributed by atoms with E-state index in [9.17, 15) is 14.4 Å². The highest BCUT2D eigenvalue weighted by atomic mass is 35.5. The summed E-state index contributed by atoms with van der Waals surface area (Å²) in [5, 5.41) is 4.35. The number of rotatable bonds is 10. The molecular weight excluding hydrogens is 619 g/mol. The van der Waals surface area contributed by atoms with E-state index in [0.29, 0.717) is 58.8 Å². The average molecular weight is 650 g/mol. The fraction of sp³-hybridized carbons (Fsp3) is 0.333. The zero-order valence-electron chi connectivity index (χ0n) is 23.2. The van der Waals surface area contributed by atoms with Crippen LogP contribution in [-0.2, 0) is 32.1 Å². The number of ether oxygens (including phenoxy) is 1. The van der Waals surface area contributed by atoms with E-state index in [0.717, 1.165) is 10.5 Å². The van der Waals surface area contributed by atoms with Crippen molar-refractivity contribution in [2.45, 2.75) is 36.7 Å². The number of imidazole rings is 1. The van der Waals surface area contributed by atoms with Gasteiger partial charge in [0.15, 0.2) is 0 Å². The number of nitrogens with zero attached hydrogens (tertiary/aromatic N) is 3. The summed E-state index contributed by atoms with van der Waals surface area (Å²) in [6, 6.07) is 10.3. The Morgan fingerprint density at radius 1 is 1.12 bits per heavy atom. The van der Waals surface area contributed by atoms with Crippen LogP contribution in [0.2, 0.25) is 15.1 Å². The van der Waals surface area contributed by atoms with E-state index in [4.69, 9.17) is 39.5 Å². The van der Waals surface area contributed by atoms with Crippen LogP contribution in [0.4, 0.5) is 0 Å². The molecule has 12 heteroatoms. The maximum Gasteiger partial charge on any atom is 0.328 e. The van der Waals surface area contributed by atoms with E-state index in [2.05, 4.69) is 10.3 Å². The van der Waals surface area contributed by atoms with E-state index in [1.165, 1.54) is 24.9 Å². The Bertz CT molecular complexity index is 1470. The number of nitrogens with one attached hydrogen (secondary N) is 1. The first kappa shape index (κ1) is 31.9. The molecule has 1 unspecified atom stereocenters. The molecule has 0 saturated carbocycles. The number of aromatic nitrogens is 2. The summed E-state index contributed by atoms with van der Waals surface area (Å²) in [7, 11) is 1.29. The summed E-state index contributed by atoms with van der Waals surface area (Å²) in [4.78, 5) is 45.4. The predicted molar refractivity (Wildman–Crippen MR) is 167 cm³/mol. The molecule has 1 saturated heterocycles. The molecule has 4 rings (SSSR count). The second-order valence-electron chi connectivity index (χ2n) is 9.84. The first-order chi connectivity index (χ1) is 20.2. The lowest BCUT2D eigenvalue weighted by Gasteiger charge is -2.31. The molecule has 1 fully saturated rings. The number of carbonyl (C=O) groups excluding carboxylic acids is 3. The molecule has 1 aliphatic rings. The van der Waals surface area contributed by atoms with Crippen LogP contribution in [0.1, 0.15) is 29.7 Å². The first-order valence-corrected chi connectivity index (χ1v) is 15.7. The number of hydrogen-bond donors (Lipinski definition) is 1. The Kier molecular flexibility index (Phi) is 11.4. The average Bonchev–Trinajstić information content (AvgIpc) is 3.44. The molecule has 2 amide bonds. The third kappa shape index (κ3) is 8.10. The fourth-order valence-electron chi connectivity index (χ4n) is 4.72. The lowest BCUT2D eigenvalue weighted by molar-refractivity contribution is -0.145. The normalized spacial score (nSPS) is 14.6. The van der Waals surface area contributed by atoms with Gasteiger partial charge in [0, 0.05) is 54.2 Å². The number of halogens is 3. The Morgan fingerprint density at radius 2 is 1.86 bits per heavy atom. The van der Waals surface area contributed by atoms with Gasteiger partial charge in [-0.3, -0.25) is 9.59 Å². The van der Waals surface area contributed by atoms with Gasteiger partial charge >= 0.3 is 5.97 Å². The van der Waals surface area contributed by atoms with Gasteiger partial charge in [-0.15, -0.1) is 11.8 Å². The number of likely N-dealkylation sites (tertiary alicyclic amines) is 1. The minimum Gasteiger partial charge on any atom is -0.467 e. The largest absolute Gasteiger partial charge is 0.467 e. The maximum atomic E-state index is 13.1. The molecule has 3 aromatic rings. The van der Waals surface area contributed by atoms with Gasteiger partial charge in [0.05, 0.1) is 29.2 Å². The molecule has 8 nitrogen and oxygen atoms in total. The zero-order valence-corrected chi connectivity index (χ0v) is 26.3. The molecule has 1 atom stereocenters. The minimum atomic E-state index is -0.886. The summed E-state index contributed by atoms with van der Waals surface area (Å²) < 4.78 is 6.82. The molecule has 42 heavy (non-hydrogen) atoms. The highest BCUT2D eigenvalue weighted by molar-refractivity contribution is 7.98. The lowest BCUT2D eigenvalue weighted by atomic mass is 9.95. The Hall–Kier alpha value is -2.98. The third-order valence-corrected chi connectivity index (χ3v) is 9.25. The standard InChI is InChI=1S/C30H31Cl3N4O4S/c1-41-30(40)24(15-22-17-36(18-34-22)16-21-5-3-4-6-23(21)31)35-29(39)20-11-13-37(14-12-20)26(38)10-8-19-7-9-25(42-2)28(33)27(19)32/h3-10,17-18,20,24H,11-16H2,1-2H3,(H,35,39). The monoisotopic (exact) mass is 648 g/mol. The number of amides is 2. The second-order valence-corrected chi connectivity index (χ2v) is 11.8. The molecule has 0 aliphatic carbocycles. The summed E-state index contributed by atoms with van der Waals surface area (Å²) >= 11 is 20.4. The molecule has 0 radical (unpaired) electrons. The van der Waals surface area contributed by atoms with Crippen molar-refractivity contribution < 1.29 is 19.1 Å². The summed E-state index contributed by atoms with van der Waals surface area (Å²) in [5.74, 6) is -1.31. The van der Waals surface area contributed by atoms with Crippen molar-refractivity contribution in [3.63, 3.8) is 0 Å². The van der Waals surface area contributed by atoms with Crippen molar-refractivity contribution in [1.82, 2.24) is 19.8 Å². The van der Waals surface area contributed by atoms with Gasteiger partial charge < -0.3 is 19.5 Å². The van der Waals surface area contributed by atoms with Crippen LogP contribution in [0, 0.1) is 5.92 Å². The number of esters is 1. The molecular formula is C30H31Cl3N4O4S. The van der Waals surface area contributed by atoms with Crippen molar-refractivity contribution in [2.75, 3.05) is 26.5 Å². The van der Waals surface area contributed by atoms with Crippen molar-refractivity contribution in [1.29, 1.82) is 0 Å². The summed E-state index contributed by atoms with van der Waals surface area (Å²) in [6.45, 7) is 1.35. The van der Waals surface area contributed by atoms with Crippen LogP contribution >= 0.6 is 46.6 Å². The Balaban J connectivity index is 1.31. The smallest absolute Gasteiger partial charge is 0.328 e. The van der Waals surface area contributed by atoms with Crippen LogP contribution in [0.15, 0.2) is 59.9 Å².